The zero-order valence-electron chi connectivity index (χ0n) is 8.98. The smallest absolute Gasteiger partial charge is 0.293 e. The van der Waals surface area contributed by atoms with E-state index in [0.29, 0.717) is 5.82 Å². The van der Waals surface area contributed by atoms with E-state index < -0.39 is 10.7 Å². The molecule has 1 heterocycles. The Kier molecular flexibility index (Phi) is 3.75. The number of benzene rings is 1. The molecular formula is C10H8FIN4O2. The van der Waals surface area contributed by atoms with Crippen molar-refractivity contribution in [3.8, 4) is 0 Å². The minimum atomic E-state index is -0.550. The van der Waals surface area contributed by atoms with Crippen LogP contribution >= 0.6 is 22.6 Å². The van der Waals surface area contributed by atoms with E-state index in [1.54, 1.807) is 35.0 Å². The molecule has 0 saturated carbocycles. The third kappa shape index (κ3) is 2.75. The van der Waals surface area contributed by atoms with Crippen molar-refractivity contribution in [1.29, 1.82) is 0 Å². The largest absolute Gasteiger partial charge is 0.372 e. The topological polar surface area (TPSA) is 83.8 Å². The van der Waals surface area contributed by atoms with Crippen molar-refractivity contribution in [2.45, 2.75) is 6.54 Å². The number of hydrogen-bond donors (Lipinski definition) is 2. The quantitative estimate of drug-likeness (QED) is 0.498. The van der Waals surface area contributed by atoms with Crippen molar-refractivity contribution < 1.29 is 9.31 Å². The number of anilines is 1. The maximum Gasteiger partial charge on any atom is 0.293 e. The molecule has 0 saturated heterocycles. The van der Waals surface area contributed by atoms with E-state index in [1.165, 1.54) is 6.07 Å². The zero-order chi connectivity index (χ0) is 13.1. The third-order valence-corrected chi connectivity index (χ3v) is 3.06. The number of nitrogens with zero attached hydrogens (tertiary/aromatic N) is 2. The van der Waals surface area contributed by atoms with E-state index in [-0.39, 0.29) is 21.5 Å². The zero-order valence-corrected chi connectivity index (χ0v) is 11.1. The first-order valence-corrected chi connectivity index (χ1v) is 6.01. The molecule has 2 N–H and O–H groups in total. The number of imidazole rings is 1. The monoisotopic (exact) mass is 362 g/mol. The van der Waals surface area contributed by atoms with Gasteiger partial charge in [-0.15, -0.1) is 0 Å². The van der Waals surface area contributed by atoms with Crippen LogP contribution in [0.25, 0.3) is 0 Å². The van der Waals surface area contributed by atoms with E-state index in [4.69, 9.17) is 0 Å². The molecule has 1 aromatic heterocycles. The molecule has 0 fully saturated rings. The minimum absolute atomic E-state index is 0.134. The van der Waals surface area contributed by atoms with Crippen LogP contribution < -0.4 is 5.32 Å². The predicted octanol–water partition coefficient (Wildman–Crippen LogP) is 2.67. The van der Waals surface area contributed by atoms with Gasteiger partial charge in [0.25, 0.3) is 5.69 Å². The highest BCUT2D eigenvalue weighted by Gasteiger charge is 2.17. The number of halogens is 2. The van der Waals surface area contributed by atoms with Crippen LogP contribution in [0.1, 0.15) is 5.82 Å². The molecule has 0 aliphatic heterocycles. The summed E-state index contributed by atoms with van der Waals surface area (Å²) in [5.41, 5.74) is -0.0262. The van der Waals surface area contributed by atoms with E-state index in [0.717, 1.165) is 6.07 Å². The van der Waals surface area contributed by atoms with Gasteiger partial charge in [-0.2, -0.15) is 0 Å². The highest BCUT2D eigenvalue weighted by molar-refractivity contribution is 14.1. The maximum atomic E-state index is 13.4. The summed E-state index contributed by atoms with van der Waals surface area (Å²) in [6.07, 6.45) is 3.21. The Hall–Kier alpha value is -1.71. The molecule has 0 radical (unpaired) electrons. The lowest BCUT2D eigenvalue weighted by atomic mass is 10.2. The molecular weight excluding hydrogens is 354 g/mol. The molecule has 0 atom stereocenters. The van der Waals surface area contributed by atoms with Crippen LogP contribution in [-0.2, 0) is 6.54 Å². The average molecular weight is 362 g/mol. The van der Waals surface area contributed by atoms with Gasteiger partial charge in [-0.25, -0.2) is 9.37 Å². The Morgan fingerprint density at radius 3 is 2.94 bits per heavy atom. The number of rotatable bonds is 4. The molecule has 6 nitrogen and oxygen atoms in total. The summed E-state index contributed by atoms with van der Waals surface area (Å²) in [6, 6.07) is 2.31. The summed E-state index contributed by atoms with van der Waals surface area (Å²) in [5.74, 6) is 0.117. The van der Waals surface area contributed by atoms with Gasteiger partial charge < -0.3 is 10.3 Å². The van der Waals surface area contributed by atoms with Crippen molar-refractivity contribution in [3.05, 3.63) is 49.9 Å². The Labute approximate surface area is 115 Å². The number of nitro benzene ring substituents is 1. The highest BCUT2D eigenvalue weighted by Crippen LogP contribution is 2.28. The molecule has 0 spiro atoms. The summed E-state index contributed by atoms with van der Waals surface area (Å²) < 4.78 is 13.6. The van der Waals surface area contributed by atoms with Gasteiger partial charge in [0.15, 0.2) is 0 Å². The highest BCUT2D eigenvalue weighted by atomic mass is 127. The molecule has 0 amide bonds. The molecule has 0 bridgehead atoms. The minimum Gasteiger partial charge on any atom is -0.372 e. The third-order valence-electron chi connectivity index (χ3n) is 2.24. The molecule has 2 rings (SSSR count). The average Bonchev–Trinajstić information content (AvgIpc) is 2.83. The first-order valence-electron chi connectivity index (χ1n) is 4.93. The van der Waals surface area contributed by atoms with Crippen molar-refractivity contribution in [2.24, 2.45) is 0 Å². The number of aromatic nitrogens is 2. The normalized spacial score (nSPS) is 10.3. The molecule has 0 unspecified atom stereocenters. The van der Waals surface area contributed by atoms with Gasteiger partial charge in [0, 0.05) is 24.5 Å². The number of H-pyrrole nitrogens is 1. The Morgan fingerprint density at radius 1 is 1.56 bits per heavy atom. The van der Waals surface area contributed by atoms with E-state index in [2.05, 4.69) is 15.3 Å². The van der Waals surface area contributed by atoms with Crippen LogP contribution in [0, 0.1) is 19.5 Å². The van der Waals surface area contributed by atoms with Crippen molar-refractivity contribution in [3.63, 3.8) is 0 Å². The number of nitrogens with one attached hydrogen (secondary N) is 2. The standard InChI is InChI=1S/C10H8FIN4O2/c11-6-3-8(9(16(17)18)4-7(6)12)15-5-10-13-1-2-14-10/h1-4,15H,5H2,(H,13,14). The number of aromatic amines is 1. The van der Waals surface area contributed by atoms with Crippen molar-refractivity contribution >= 4 is 34.0 Å². The first-order chi connectivity index (χ1) is 8.58. The van der Waals surface area contributed by atoms with Crippen LogP contribution in [0.4, 0.5) is 15.8 Å². The van der Waals surface area contributed by atoms with Gasteiger partial charge in [-0.05, 0) is 22.6 Å². The predicted molar refractivity (Wildman–Crippen MR) is 71.7 cm³/mol. The van der Waals surface area contributed by atoms with E-state index in [9.17, 15) is 14.5 Å². The van der Waals surface area contributed by atoms with Crippen molar-refractivity contribution in [1.82, 2.24) is 9.97 Å². The second-order valence-corrected chi connectivity index (χ2v) is 4.59. The van der Waals surface area contributed by atoms with Gasteiger partial charge in [-0.3, -0.25) is 10.1 Å². The van der Waals surface area contributed by atoms with Crippen LogP contribution in [0.3, 0.4) is 0 Å². The second kappa shape index (κ2) is 5.29. The summed E-state index contributed by atoms with van der Waals surface area (Å²) >= 11 is 1.71. The Morgan fingerprint density at radius 2 is 2.33 bits per heavy atom. The molecule has 2 aromatic rings. The summed E-state index contributed by atoms with van der Waals surface area (Å²) in [4.78, 5) is 17.1. The fourth-order valence-electron chi connectivity index (χ4n) is 1.40. The van der Waals surface area contributed by atoms with Gasteiger partial charge in [0.2, 0.25) is 0 Å². The Balaban J connectivity index is 2.25. The Bertz CT molecular complexity index is 574. The number of nitro groups is 1. The van der Waals surface area contributed by atoms with Crippen LogP contribution in [0.2, 0.25) is 0 Å². The van der Waals surface area contributed by atoms with Gasteiger partial charge in [0.05, 0.1) is 15.0 Å². The van der Waals surface area contributed by atoms with Crippen LogP contribution in [-0.4, -0.2) is 14.9 Å². The molecule has 18 heavy (non-hydrogen) atoms. The number of hydrogen-bond acceptors (Lipinski definition) is 4. The maximum absolute atomic E-state index is 13.4. The molecule has 0 aliphatic carbocycles. The van der Waals surface area contributed by atoms with Gasteiger partial charge in [0.1, 0.15) is 17.3 Å². The fourth-order valence-corrected chi connectivity index (χ4v) is 1.85. The lowest BCUT2D eigenvalue weighted by Gasteiger charge is -2.06. The fraction of sp³-hybridized carbons (Fsp3) is 0.100. The van der Waals surface area contributed by atoms with Crippen molar-refractivity contribution in [2.75, 3.05) is 5.32 Å². The molecule has 0 aliphatic rings. The van der Waals surface area contributed by atoms with Crippen LogP contribution in [0.15, 0.2) is 24.5 Å². The summed E-state index contributed by atoms with van der Waals surface area (Å²) in [6.45, 7) is 0.258. The summed E-state index contributed by atoms with van der Waals surface area (Å²) in [5, 5.41) is 13.6. The second-order valence-electron chi connectivity index (χ2n) is 3.43. The first kappa shape index (κ1) is 12.7. The summed E-state index contributed by atoms with van der Waals surface area (Å²) in [7, 11) is 0. The van der Waals surface area contributed by atoms with E-state index >= 15 is 0 Å². The lowest BCUT2D eigenvalue weighted by Crippen LogP contribution is -2.05. The SMILES string of the molecule is O=[N+]([O-])c1cc(I)c(F)cc1NCc1ncc[nH]1. The van der Waals surface area contributed by atoms with Gasteiger partial charge >= 0.3 is 0 Å². The molecule has 8 heteroatoms. The van der Waals surface area contributed by atoms with Crippen LogP contribution in [0.5, 0.6) is 0 Å². The lowest BCUT2D eigenvalue weighted by molar-refractivity contribution is -0.384. The molecule has 94 valence electrons. The molecule has 1 aromatic carbocycles. The van der Waals surface area contributed by atoms with Gasteiger partial charge in [-0.1, -0.05) is 0 Å². The van der Waals surface area contributed by atoms with E-state index in [1.807, 2.05) is 0 Å².